The number of hydrogen-bond donors (Lipinski definition) is 1. The average molecular weight is 494 g/mol. The molecule has 192 valence electrons. The van der Waals surface area contributed by atoms with Crippen LogP contribution in [0.15, 0.2) is 24.3 Å². The molecule has 1 N–H and O–H groups in total. The lowest BCUT2D eigenvalue weighted by molar-refractivity contribution is -0.132. The van der Waals surface area contributed by atoms with Gasteiger partial charge in [0, 0.05) is 63.4 Å². The third-order valence-corrected chi connectivity index (χ3v) is 7.59. The van der Waals surface area contributed by atoms with Gasteiger partial charge in [-0.15, -0.1) is 0 Å². The molecule has 1 aliphatic carbocycles. The van der Waals surface area contributed by atoms with Gasteiger partial charge in [-0.05, 0) is 49.8 Å². The third-order valence-electron chi connectivity index (χ3n) is 7.59. The van der Waals surface area contributed by atoms with E-state index in [-0.39, 0.29) is 23.6 Å². The molecular formula is C27H35N5O4. The number of benzene rings is 1. The molecule has 1 unspecified atom stereocenters. The lowest BCUT2D eigenvalue weighted by atomic mass is 9.96. The van der Waals surface area contributed by atoms with Crippen LogP contribution in [0.4, 0.5) is 0 Å². The van der Waals surface area contributed by atoms with Crippen molar-refractivity contribution in [3.05, 3.63) is 46.8 Å². The van der Waals surface area contributed by atoms with Crippen molar-refractivity contribution < 1.29 is 19.1 Å². The highest BCUT2D eigenvalue weighted by molar-refractivity contribution is 5.95. The zero-order valence-electron chi connectivity index (χ0n) is 21.2. The number of carbonyl (C=O) groups is 3. The first-order valence-corrected chi connectivity index (χ1v) is 13.0. The molecule has 1 aromatic carbocycles. The summed E-state index contributed by atoms with van der Waals surface area (Å²) in [7, 11) is 3.49. The molecule has 2 aliphatic heterocycles. The molecule has 2 aromatic rings. The Balaban J connectivity index is 1.23. The first-order valence-electron chi connectivity index (χ1n) is 13.0. The van der Waals surface area contributed by atoms with E-state index in [1.165, 1.54) is 0 Å². The van der Waals surface area contributed by atoms with Crippen LogP contribution in [0.5, 0.6) is 5.75 Å². The van der Waals surface area contributed by atoms with Crippen molar-refractivity contribution in [2.24, 2.45) is 13.0 Å². The van der Waals surface area contributed by atoms with E-state index in [9.17, 15) is 14.4 Å². The molecule has 0 bridgehead atoms. The highest BCUT2D eigenvalue weighted by Gasteiger charge is 2.35. The van der Waals surface area contributed by atoms with Crippen LogP contribution in [-0.2, 0) is 36.0 Å². The topological polar surface area (TPSA) is 96.8 Å². The van der Waals surface area contributed by atoms with Gasteiger partial charge < -0.3 is 19.9 Å². The number of aryl methyl sites for hydroxylation is 2. The Labute approximate surface area is 211 Å². The van der Waals surface area contributed by atoms with Crippen LogP contribution < -0.4 is 10.1 Å². The fourth-order valence-electron chi connectivity index (χ4n) is 5.25. The van der Waals surface area contributed by atoms with Gasteiger partial charge in [-0.3, -0.25) is 19.1 Å². The Kier molecular flexibility index (Phi) is 6.98. The lowest BCUT2D eigenvalue weighted by Crippen LogP contribution is -2.46. The van der Waals surface area contributed by atoms with Crippen LogP contribution >= 0.6 is 0 Å². The molecule has 0 radical (unpaired) electrons. The van der Waals surface area contributed by atoms with Gasteiger partial charge >= 0.3 is 0 Å². The van der Waals surface area contributed by atoms with Gasteiger partial charge in [-0.2, -0.15) is 5.10 Å². The van der Waals surface area contributed by atoms with Gasteiger partial charge in [0.15, 0.2) is 5.69 Å². The smallest absolute Gasteiger partial charge is 0.274 e. The molecule has 2 fully saturated rings. The zero-order chi connectivity index (χ0) is 25.2. The minimum absolute atomic E-state index is 0.0617. The number of carbonyl (C=O) groups excluding carboxylic acids is 3. The summed E-state index contributed by atoms with van der Waals surface area (Å²) in [5.41, 5.74) is 3.36. The van der Waals surface area contributed by atoms with Crippen molar-refractivity contribution in [1.29, 1.82) is 0 Å². The quantitative estimate of drug-likeness (QED) is 0.637. The second-order valence-electron chi connectivity index (χ2n) is 10.2. The van der Waals surface area contributed by atoms with E-state index >= 15 is 0 Å². The van der Waals surface area contributed by atoms with Crippen LogP contribution in [0.2, 0.25) is 0 Å². The zero-order valence-corrected chi connectivity index (χ0v) is 21.2. The summed E-state index contributed by atoms with van der Waals surface area (Å²) >= 11 is 0. The van der Waals surface area contributed by atoms with Gasteiger partial charge in [0.25, 0.3) is 5.91 Å². The molecule has 1 saturated heterocycles. The summed E-state index contributed by atoms with van der Waals surface area (Å²) in [6.07, 6.45) is 5.45. The standard InChI is InChI=1S/C27H35N5O4/c1-30-23-13-15-31(24(33)12-7-18-5-10-21(36-2)11-6-18)17-22(23)25(29-30)27(35)32-14-3-4-19(16-32)26(34)28-20-8-9-20/h5-6,10-11,19-20H,3-4,7-9,12-17H2,1-2H3,(H,28,34). The molecule has 0 spiro atoms. The first kappa shape index (κ1) is 24.3. The maximum atomic E-state index is 13.5. The number of nitrogens with one attached hydrogen (secondary N) is 1. The molecule has 3 aliphatic rings. The largest absolute Gasteiger partial charge is 0.497 e. The van der Waals surface area contributed by atoms with E-state index in [2.05, 4.69) is 10.4 Å². The number of nitrogens with zero attached hydrogens (tertiary/aromatic N) is 4. The van der Waals surface area contributed by atoms with Gasteiger partial charge in [-0.25, -0.2) is 0 Å². The maximum absolute atomic E-state index is 13.5. The summed E-state index contributed by atoms with van der Waals surface area (Å²) in [5, 5.41) is 7.65. The van der Waals surface area contributed by atoms with Crippen molar-refractivity contribution >= 4 is 17.7 Å². The summed E-state index contributed by atoms with van der Waals surface area (Å²) in [5.74, 6) is 0.633. The number of methoxy groups -OCH3 is 1. The molecule has 5 rings (SSSR count). The number of rotatable bonds is 7. The summed E-state index contributed by atoms with van der Waals surface area (Å²) in [6.45, 7) is 2.06. The number of amides is 3. The first-order chi connectivity index (χ1) is 17.4. The molecule has 1 saturated carbocycles. The highest BCUT2D eigenvalue weighted by Crippen LogP contribution is 2.27. The molecule has 9 heteroatoms. The fraction of sp³-hybridized carbons (Fsp3) is 0.556. The normalized spacial score (nSPS) is 19.6. The van der Waals surface area contributed by atoms with E-state index in [0.29, 0.717) is 57.2 Å². The predicted molar refractivity (Wildman–Crippen MR) is 133 cm³/mol. The molecule has 9 nitrogen and oxygen atoms in total. The fourth-order valence-corrected chi connectivity index (χ4v) is 5.25. The minimum Gasteiger partial charge on any atom is -0.497 e. The Hall–Kier alpha value is -3.36. The molecule has 36 heavy (non-hydrogen) atoms. The maximum Gasteiger partial charge on any atom is 0.274 e. The Morgan fingerprint density at radius 3 is 2.58 bits per heavy atom. The Morgan fingerprint density at radius 2 is 1.86 bits per heavy atom. The van der Waals surface area contributed by atoms with Crippen LogP contribution in [0.1, 0.15) is 59.4 Å². The summed E-state index contributed by atoms with van der Waals surface area (Å²) in [6, 6.07) is 8.09. The van der Waals surface area contributed by atoms with Gasteiger partial charge in [0.1, 0.15) is 5.75 Å². The number of aromatic nitrogens is 2. The van der Waals surface area contributed by atoms with Gasteiger partial charge in [0.2, 0.25) is 11.8 Å². The van der Waals surface area contributed by atoms with E-state index in [1.54, 1.807) is 16.7 Å². The van der Waals surface area contributed by atoms with Gasteiger partial charge in [-0.1, -0.05) is 12.1 Å². The van der Waals surface area contributed by atoms with Crippen LogP contribution in [0.25, 0.3) is 0 Å². The molecule has 1 atom stereocenters. The van der Waals surface area contributed by atoms with Crippen molar-refractivity contribution in [2.45, 2.75) is 57.5 Å². The van der Waals surface area contributed by atoms with Crippen molar-refractivity contribution in [3.63, 3.8) is 0 Å². The van der Waals surface area contributed by atoms with E-state index < -0.39 is 0 Å². The number of likely N-dealkylation sites (tertiary alicyclic amines) is 1. The van der Waals surface area contributed by atoms with Crippen molar-refractivity contribution in [2.75, 3.05) is 26.7 Å². The molecule has 3 heterocycles. The van der Waals surface area contributed by atoms with Crippen molar-refractivity contribution in [1.82, 2.24) is 24.9 Å². The predicted octanol–water partition coefficient (Wildman–Crippen LogP) is 2.08. The van der Waals surface area contributed by atoms with Crippen LogP contribution in [0.3, 0.4) is 0 Å². The van der Waals surface area contributed by atoms with Crippen LogP contribution in [-0.4, -0.2) is 70.1 Å². The minimum atomic E-state index is -0.168. The SMILES string of the molecule is COc1ccc(CCC(=O)N2CCc3c(c(C(=O)N4CCCC(C(=O)NC5CC5)C4)nn3C)C2)cc1. The monoisotopic (exact) mass is 493 g/mol. The molecular weight excluding hydrogens is 458 g/mol. The number of fused-ring (bicyclic) bond motifs is 1. The Morgan fingerprint density at radius 1 is 1.08 bits per heavy atom. The van der Waals surface area contributed by atoms with Crippen LogP contribution in [0, 0.1) is 5.92 Å². The highest BCUT2D eigenvalue weighted by atomic mass is 16.5. The second-order valence-corrected chi connectivity index (χ2v) is 10.2. The molecule has 1 aromatic heterocycles. The van der Waals surface area contributed by atoms with E-state index in [1.807, 2.05) is 36.2 Å². The lowest BCUT2D eigenvalue weighted by Gasteiger charge is -2.32. The number of piperidine rings is 1. The average Bonchev–Trinajstić information content (AvgIpc) is 3.67. The summed E-state index contributed by atoms with van der Waals surface area (Å²) < 4.78 is 6.98. The Bertz CT molecular complexity index is 1140. The summed E-state index contributed by atoms with van der Waals surface area (Å²) in [4.78, 5) is 42.8. The van der Waals surface area contributed by atoms with Gasteiger partial charge in [0.05, 0.1) is 13.0 Å². The van der Waals surface area contributed by atoms with E-state index in [4.69, 9.17) is 4.74 Å². The number of hydrogen-bond acceptors (Lipinski definition) is 5. The number of ether oxygens (including phenoxy) is 1. The van der Waals surface area contributed by atoms with E-state index in [0.717, 1.165) is 48.3 Å². The third kappa shape index (κ3) is 5.24. The molecule has 3 amide bonds. The second kappa shape index (κ2) is 10.3. The van der Waals surface area contributed by atoms with Crippen molar-refractivity contribution in [3.8, 4) is 5.75 Å².